The van der Waals surface area contributed by atoms with Crippen molar-refractivity contribution in [1.29, 1.82) is 0 Å². The summed E-state index contributed by atoms with van der Waals surface area (Å²) in [4.78, 5) is 22.5. The molecule has 0 spiro atoms. The van der Waals surface area contributed by atoms with Gasteiger partial charge in [-0.05, 0) is 37.6 Å². The summed E-state index contributed by atoms with van der Waals surface area (Å²) in [7, 11) is 3.14. The van der Waals surface area contributed by atoms with Crippen molar-refractivity contribution in [3.63, 3.8) is 0 Å². The fourth-order valence-corrected chi connectivity index (χ4v) is 2.36. The minimum absolute atomic E-state index is 0.132. The molecule has 1 amide bonds. The van der Waals surface area contributed by atoms with Gasteiger partial charge in [0.15, 0.2) is 0 Å². The van der Waals surface area contributed by atoms with Crippen molar-refractivity contribution in [3.8, 4) is 5.75 Å². The molecule has 27 heavy (non-hydrogen) atoms. The average Bonchev–Trinajstić information content (AvgIpc) is 2.73. The zero-order valence-corrected chi connectivity index (χ0v) is 16.8. The van der Waals surface area contributed by atoms with Crippen LogP contribution >= 0.6 is 0 Å². The Morgan fingerprint density at radius 2 is 1.56 bits per heavy atom. The monoisotopic (exact) mass is 369 g/mol. The van der Waals surface area contributed by atoms with Crippen LogP contribution < -0.4 is 15.7 Å². The van der Waals surface area contributed by atoms with Crippen molar-refractivity contribution in [1.82, 2.24) is 5.32 Å². The lowest BCUT2D eigenvalue weighted by atomic mass is 10.1. The normalized spacial score (nSPS) is 9.41. The summed E-state index contributed by atoms with van der Waals surface area (Å²) in [6.45, 7) is 7.72. The van der Waals surface area contributed by atoms with Crippen LogP contribution in [0.3, 0.4) is 0 Å². The molecule has 1 N–H and O–H groups in total. The van der Waals surface area contributed by atoms with Crippen LogP contribution in [-0.4, -0.2) is 20.1 Å². The van der Waals surface area contributed by atoms with Crippen LogP contribution in [0.15, 0.2) is 57.7 Å². The number of carbonyl (C=O) groups is 1. The molecule has 144 valence electrons. The summed E-state index contributed by atoms with van der Waals surface area (Å²) < 4.78 is 10.1. The number of ether oxygens (including phenoxy) is 1. The maximum atomic E-state index is 11.3. The van der Waals surface area contributed by atoms with E-state index >= 15 is 0 Å². The molecule has 3 aromatic rings. The lowest BCUT2D eigenvalue weighted by Gasteiger charge is -2.05. The Morgan fingerprint density at radius 1 is 0.963 bits per heavy atom. The third-order valence-corrected chi connectivity index (χ3v) is 3.94. The van der Waals surface area contributed by atoms with E-state index in [0.29, 0.717) is 22.5 Å². The van der Waals surface area contributed by atoms with Gasteiger partial charge in [-0.15, -0.1) is 0 Å². The quantitative estimate of drug-likeness (QED) is 0.676. The number of rotatable bonds is 2. The standard InChI is InChI=1S/C11H10O2.C9H11NO2.C2H6/c1-7-8(2)11(12)13-10-6-4-3-5-9(7)10;1-10-9(11)7-5-3-4-6-8(7)12-2;1-2/h3-6H,1-2H3;3-6H,1-2H3,(H,10,11);1-2H3. The Bertz CT molecular complexity index is 944. The maximum Gasteiger partial charge on any atom is 0.339 e. The number of benzene rings is 2. The molecule has 0 aliphatic carbocycles. The number of para-hydroxylation sites is 2. The molecular weight excluding hydrogens is 342 g/mol. The molecule has 0 unspecified atom stereocenters. The molecule has 0 fully saturated rings. The second-order valence-corrected chi connectivity index (χ2v) is 5.42. The van der Waals surface area contributed by atoms with Crippen molar-refractivity contribution in [2.24, 2.45) is 0 Å². The molecule has 3 rings (SSSR count). The molecule has 5 nitrogen and oxygen atoms in total. The van der Waals surface area contributed by atoms with E-state index in [4.69, 9.17) is 9.15 Å². The van der Waals surface area contributed by atoms with E-state index in [1.165, 1.54) is 0 Å². The molecule has 1 heterocycles. The van der Waals surface area contributed by atoms with Crippen molar-refractivity contribution >= 4 is 16.9 Å². The van der Waals surface area contributed by atoms with Crippen molar-refractivity contribution in [2.75, 3.05) is 14.2 Å². The van der Waals surface area contributed by atoms with Gasteiger partial charge in [-0.1, -0.05) is 44.2 Å². The highest BCUT2D eigenvalue weighted by atomic mass is 16.5. The first-order chi connectivity index (χ1) is 13.0. The Hall–Kier alpha value is -3.08. The molecule has 0 radical (unpaired) electrons. The van der Waals surface area contributed by atoms with Crippen LogP contribution in [0.25, 0.3) is 11.0 Å². The van der Waals surface area contributed by atoms with Gasteiger partial charge in [0.1, 0.15) is 11.3 Å². The molecule has 0 saturated carbocycles. The largest absolute Gasteiger partial charge is 0.496 e. The van der Waals surface area contributed by atoms with E-state index in [9.17, 15) is 9.59 Å². The third kappa shape index (κ3) is 5.45. The van der Waals surface area contributed by atoms with E-state index in [1.807, 2.05) is 51.1 Å². The molecular formula is C22H27NO4. The summed E-state index contributed by atoms with van der Waals surface area (Å²) in [5, 5.41) is 3.55. The molecule has 0 aliphatic heterocycles. The van der Waals surface area contributed by atoms with Gasteiger partial charge in [0.2, 0.25) is 0 Å². The van der Waals surface area contributed by atoms with Crippen molar-refractivity contribution in [2.45, 2.75) is 27.7 Å². The maximum absolute atomic E-state index is 11.3. The Labute approximate surface area is 160 Å². The molecule has 2 aromatic carbocycles. The number of hydrogen-bond acceptors (Lipinski definition) is 4. The predicted octanol–water partition coefficient (Wildman–Crippen LogP) is 4.49. The van der Waals surface area contributed by atoms with Crippen LogP contribution in [0.1, 0.15) is 35.3 Å². The summed E-state index contributed by atoms with van der Waals surface area (Å²) >= 11 is 0. The van der Waals surface area contributed by atoms with E-state index in [-0.39, 0.29) is 11.5 Å². The van der Waals surface area contributed by atoms with Gasteiger partial charge in [-0.3, -0.25) is 4.79 Å². The van der Waals surface area contributed by atoms with E-state index in [1.54, 1.807) is 39.3 Å². The zero-order chi connectivity index (χ0) is 20.4. The van der Waals surface area contributed by atoms with E-state index < -0.39 is 0 Å². The highest BCUT2D eigenvalue weighted by Gasteiger charge is 2.08. The molecule has 0 saturated heterocycles. The first-order valence-corrected chi connectivity index (χ1v) is 8.83. The van der Waals surface area contributed by atoms with Gasteiger partial charge in [-0.2, -0.15) is 0 Å². The lowest BCUT2D eigenvalue weighted by Crippen LogP contribution is -2.18. The molecule has 5 heteroatoms. The Balaban J connectivity index is 0.000000248. The molecule has 0 aliphatic rings. The van der Waals surface area contributed by atoms with Gasteiger partial charge in [0.25, 0.3) is 5.91 Å². The third-order valence-electron chi connectivity index (χ3n) is 3.94. The van der Waals surface area contributed by atoms with E-state index in [2.05, 4.69) is 5.32 Å². The van der Waals surface area contributed by atoms with Crippen LogP contribution in [0.4, 0.5) is 0 Å². The lowest BCUT2D eigenvalue weighted by molar-refractivity contribution is 0.0960. The number of hydrogen-bond donors (Lipinski definition) is 1. The van der Waals surface area contributed by atoms with Crippen molar-refractivity contribution in [3.05, 3.63) is 75.6 Å². The number of carbonyl (C=O) groups excluding carboxylic acids is 1. The number of nitrogens with one attached hydrogen (secondary N) is 1. The average molecular weight is 369 g/mol. The Kier molecular flexibility index (Phi) is 8.79. The summed E-state index contributed by atoms with van der Waals surface area (Å²) in [5.41, 5.74) is 2.68. The van der Waals surface area contributed by atoms with Crippen molar-refractivity contribution < 1.29 is 13.9 Å². The molecule has 1 aromatic heterocycles. The van der Waals surface area contributed by atoms with Crippen LogP contribution in [-0.2, 0) is 0 Å². The fraction of sp³-hybridized carbons (Fsp3) is 0.273. The van der Waals surface area contributed by atoms with Crippen LogP contribution in [0.5, 0.6) is 5.75 Å². The number of fused-ring (bicyclic) bond motifs is 1. The SMILES string of the molecule is CC.CNC(=O)c1ccccc1OC.Cc1c(C)c2ccccc2oc1=O. The van der Waals surface area contributed by atoms with Gasteiger partial charge in [0, 0.05) is 18.0 Å². The summed E-state index contributed by atoms with van der Waals surface area (Å²) in [5.74, 6) is 0.462. The van der Waals surface area contributed by atoms with Gasteiger partial charge < -0.3 is 14.5 Å². The minimum Gasteiger partial charge on any atom is -0.496 e. The second kappa shape index (κ2) is 10.8. The zero-order valence-electron chi connectivity index (χ0n) is 16.8. The second-order valence-electron chi connectivity index (χ2n) is 5.42. The molecule has 0 bridgehead atoms. The molecule has 0 atom stereocenters. The first kappa shape index (κ1) is 22.0. The predicted molar refractivity (Wildman–Crippen MR) is 110 cm³/mol. The van der Waals surface area contributed by atoms with Crippen LogP contribution in [0.2, 0.25) is 0 Å². The number of methoxy groups -OCH3 is 1. The summed E-state index contributed by atoms with van der Waals surface area (Å²) in [6, 6.07) is 14.7. The Morgan fingerprint density at radius 3 is 2.19 bits per heavy atom. The highest BCUT2D eigenvalue weighted by Crippen LogP contribution is 2.18. The van der Waals surface area contributed by atoms with Gasteiger partial charge >= 0.3 is 5.63 Å². The van der Waals surface area contributed by atoms with E-state index in [0.717, 1.165) is 10.9 Å². The minimum atomic E-state index is -0.240. The summed E-state index contributed by atoms with van der Waals surface area (Å²) in [6.07, 6.45) is 0. The number of aryl methyl sites for hydroxylation is 1. The van der Waals surface area contributed by atoms with Gasteiger partial charge in [-0.25, -0.2) is 4.79 Å². The first-order valence-electron chi connectivity index (χ1n) is 8.83. The topological polar surface area (TPSA) is 68.5 Å². The number of amides is 1. The smallest absolute Gasteiger partial charge is 0.339 e. The highest BCUT2D eigenvalue weighted by molar-refractivity contribution is 5.96. The fourth-order valence-electron chi connectivity index (χ4n) is 2.36. The van der Waals surface area contributed by atoms with Crippen LogP contribution in [0, 0.1) is 13.8 Å². The van der Waals surface area contributed by atoms with Gasteiger partial charge in [0.05, 0.1) is 12.7 Å².